The molecule has 0 aromatic heterocycles. The standard InChI is InChI=1S/C20H23N/c1-16-7-5-6-8-18(16)14-21-13-17-11-20(12-17,15-21)19-9-3-2-4-10-19/h2-10,17H,11-15H2,1H3. The summed E-state index contributed by atoms with van der Waals surface area (Å²) in [7, 11) is 0. The van der Waals surface area contributed by atoms with Crippen LogP contribution in [0.5, 0.6) is 0 Å². The highest BCUT2D eigenvalue weighted by Crippen LogP contribution is 2.52. The van der Waals surface area contributed by atoms with Gasteiger partial charge in [-0.3, -0.25) is 4.90 Å². The van der Waals surface area contributed by atoms with Gasteiger partial charge in [-0.15, -0.1) is 0 Å². The fraction of sp³-hybridized carbons (Fsp3) is 0.400. The van der Waals surface area contributed by atoms with Crippen LogP contribution in [-0.2, 0) is 12.0 Å². The normalized spacial score (nSPS) is 28.1. The minimum atomic E-state index is 0.437. The predicted octanol–water partition coefficient (Wildman–Crippen LogP) is 4.16. The molecule has 1 nitrogen and oxygen atoms in total. The molecule has 3 aliphatic rings. The maximum absolute atomic E-state index is 2.67. The van der Waals surface area contributed by atoms with Gasteiger partial charge >= 0.3 is 0 Å². The van der Waals surface area contributed by atoms with Crippen LogP contribution in [0, 0.1) is 12.8 Å². The highest BCUT2D eigenvalue weighted by atomic mass is 15.2. The summed E-state index contributed by atoms with van der Waals surface area (Å²) in [5.74, 6) is 0.906. The van der Waals surface area contributed by atoms with Gasteiger partial charge in [-0.05, 0) is 42.4 Å². The molecule has 2 aromatic carbocycles. The Labute approximate surface area is 127 Å². The Balaban J connectivity index is 1.54. The Morgan fingerprint density at radius 2 is 1.71 bits per heavy atom. The third kappa shape index (κ3) is 2.30. The first-order valence-corrected chi connectivity index (χ1v) is 8.08. The average Bonchev–Trinajstić information content (AvgIpc) is 2.50. The zero-order valence-electron chi connectivity index (χ0n) is 12.8. The number of fused-ring (bicyclic) bond motifs is 2. The van der Waals surface area contributed by atoms with Crippen LogP contribution in [0.15, 0.2) is 54.6 Å². The first-order chi connectivity index (χ1) is 10.3. The molecule has 2 aromatic rings. The van der Waals surface area contributed by atoms with Crippen LogP contribution in [0.25, 0.3) is 0 Å². The van der Waals surface area contributed by atoms with Gasteiger partial charge in [0, 0.05) is 25.0 Å². The number of rotatable bonds is 3. The lowest BCUT2D eigenvalue weighted by Gasteiger charge is -2.57. The lowest BCUT2D eigenvalue weighted by molar-refractivity contribution is -0.00809. The summed E-state index contributed by atoms with van der Waals surface area (Å²) in [5.41, 5.74) is 4.90. The number of hydrogen-bond acceptors (Lipinski definition) is 1. The van der Waals surface area contributed by atoms with Crippen molar-refractivity contribution in [2.45, 2.75) is 31.7 Å². The summed E-state index contributed by atoms with van der Waals surface area (Å²) in [5, 5.41) is 0. The van der Waals surface area contributed by atoms with E-state index in [-0.39, 0.29) is 0 Å². The molecule has 1 heteroatoms. The molecule has 0 atom stereocenters. The van der Waals surface area contributed by atoms with Crippen LogP contribution in [0.2, 0.25) is 0 Å². The van der Waals surface area contributed by atoms with Crippen molar-refractivity contribution in [1.82, 2.24) is 4.90 Å². The van der Waals surface area contributed by atoms with Gasteiger partial charge in [0.05, 0.1) is 0 Å². The zero-order valence-corrected chi connectivity index (χ0v) is 12.8. The monoisotopic (exact) mass is 277 g/mol. The number of piperidine rings is 2. The average molecular weight is 277 g/mol. The van der Waals surface area contributed by atoms with E-state index in [0.29, 0.717) is 5.41 Å². The molecule has 21 heavy (non-hydrogen) atoms. The SMILES string of the molecule is Cc1ccccc1CN1CC2CC(c3ccccc3)(C2)C1. The third-order valence-electron chi connectivity index (χ3n) is 5.44. The van der Waals surface area contributed by atoms with Crippen molar-refractivity contribution in [3.05, 3.63) is 71.3 Å². The quantitative estimate of drug-likeness (QED) is 0.814. The van der Waals surface area contributed by atoms with Crippen LogP contribution in [0.3, 0.4) is 0 Å². The summed E-state index contributed by atoms with van der Waals surface area (Å²) < 4.78 is 0. The number of aryl methyl sites for hydroxylation is 1. The Morgan fingerprint density at radius 3 is 2.48 bits per heavy atom. The summed E-state index contributed by atoms with van der Waals surface area (Å²) in [6, 6.07) is 20.0. The molecule has 0 unspecified atom stereocenters. The summed E-state index contributed by atoms with van der Waals surface area (Å²) in [6.07, 6.45) is 2.78. The van der Waals surface area contributed by atoms with Gasteiger partial charge in [0.15, 0.2) is 0 Å². The van der Waals surface area contributed by atoms with Crippen LogP contribution in [0.1, 0.15) is 29.5 Å². The lowest BCUT2D eigenvalue weighted by Crippen LogP contribution is -2.58. The smallest absolute Gasteiger partial charge is 0.0236 e. The van der Waals surface area contributed by atoms with Crippen LogP contribution in [0.4, 0.5) is 0 Å². The van der Waals surface area contributed by atoms with Crippen molar-refractivity contribution in [3.63, 3.8) is 0 Å². The van der Waals surface area contributed by atoms with Crippen molar-refractivity contribution in [2.75, 3.05) is 13.1 Å². The molecule has 2 aliphatic heterocycles. The maximum Gasteiger partial charge on any atom is 0.0236 e. The largest absolute Gasteiger partial charge is 0.298 e. The van der Waals surface area contributed by atoms with Gasteiger partial charge in [0.2, 0.25) is 0 Å². The van der Waals surface area contributed by atoms with Crippen molar-refractivity contribution in [2.24, 2.45) is 5.92 Å². The summed E-state index contributed by atoms with van der Waals surface area (Å²) in [6.45, 7) is 5.84. The molecule has 1 aliphatic carbocycles. The number of benzene rings is 2. The van der Waals surface area contributed by atoms with Gasteiger partial charge in [-0.2, -0.15) is 0 Å². The molecular formula is C20H23N. The van der Waals surface area contributed by atoms with Crippen molar-refractivity contribution in [3.8, 4) is 0 Å². The first kappa shape index (κ1) is 13.1. The second-order valence-corrected chi connectivity index (χ2v) is 7.02. The molecule has 5 rings (SSSR count). The second kappa shape index (κ2) is 4.99. The molecule has 2 bridgehead atoms. The minimum Gasteiger partial charge on any atom is -0.298 e. The van der Waals surface area contributed by atoms with E-state index < -0.39 is 0 Å². The first-order valence-electron chi connectivity index (χ1n) is 8.08. The number of nitrogens with zero attached hydrogens (tertiary/aromatic N) is 1. The van der Waals surface area contributed by atoms with E-state index in [0.717, 1.165) is 12.5 Å². The van der Waals surface area contributed by atoms with E-state index in [2.05, 4.69) is 66.4 Å². The highest BCUT2D eigenvalue weighted by Gasteiger charge is 2.50. The van der Waals surface area contributed by atoms with Crippen molar-refractivity contribution in [1.29, 1.82) is 0 Å². The topological polar surface area (TPSA) is 3.24 Å². The van der Waals surface area contributed by atoms with E-state index in [1.54, 1.807) is 5.56 Å². The summed E-state index contributed by atoms with van der Waals surface area (Å²) >= 11 is 0. The van der Waals surface area contributed by atoms with E-state index in [9.17, 15) is 0 Å². The van der Waals surface area contributed by atoms with Gasteiger partial charge in [-0.1, -0.05) is 54.6 Å². The van der Waals surface area contributed by atoms with E-state index in [4.69, 9.17) is 0 Å². The Morgan fingerprint density at radius 1 is 1.00 bits per heavy atom. The summed E-state index contributed by atoms with van der Waals surface area (Å²) in [4.78, 5) is 2.67. The molecule has 0 radical (unpaired) electrons. The van der Waals surface area contributed by atoms with Gasteiger partial charge in [0.1, 0.15) is 0 Å². The molecule has 2 saturated heterocycles. The van der Waals surface area contributed by atoms with E-state index in [1.807, 2.05) is 0 Å². The molecule has 2 heterocycles. The fourth-order valence-electron chi connectivity index (χ4n) is 4.43. The van der Waals surface area contributed by atoms with Crippen LogP contribution in [-0.4, -0.2) is 18.0 Å². The van der Waals surface area contributed by atoms with Gasteiger partial charge in [0.25, 0.3) is 0 Å². The van der Waals surface area contributed by atoms with E-state index >= 15 is 0 Å². The van der Waals surface area contributed by atoms with Gasteiger partial charge < -0.3 is 0 Å². The molecular weight excluding hydrogens is 254 g/mol. The van der Waals surface area contributed by atoms with E-state index in [1.165, 1.54) is 37.1 Å². The molecule has 0 amide bonds. The molecule has 108 valence electrons. The van der Waals surface area contributed by atoms with Crippen LogP contribution < -0.4 is 0 Å². The predicted molar refractivity (Wildman–Crippen MR) is 87.3 cm³/mol. The highest BCUT2D eigenvalue weighted by molar-refractivity contribution is 5.32. The third-order valence-corrected chi connectivity index (χ3v) is 5.44. The minimum absolute atomic E-state index is 0.437. The van der Waals surface area contributed by atoms with Crippen molar-refractivity contribution < 1.29 is 0 Å². The molecule has 1 saturated carbocycles. The molecule has 0 spiro atoms. The van der Waals surface area contributed by atoms with Crippen LogP contribution >= 0.6 is 0 Å². The molecule has 3 fully saturated rings. The van der Waals surface area contributed by atoms with Gasteiger partial charge in [-0.25, -0.2) is 0 Å². The Bertz CT molecular complexity index is 625. The van der Waals surface area contributed by atoms with Crippen molar-refractivity contribution >= 4 is 0 Å². The lowest BCUT2D eigenvalue weighted by atomic mass is 9.56. The Hall–Kier alpha value is -1.60. The Kier molecular flexibility index (Phi) is 3.11. The number of hydrogen-bond donors (Lipinski definition) is 0. The molecule has 0 N–H and O–H groups in total. The fourth-order valence-corrected chi connectivity index (χ4v) is 4.43. The second-order valence-electron chi connectivity index (χ2n) is 7.02. The maximum atomic E-state index is 2.67. The zero-order chi connectivity index (χ0) is 14.3.